The SMILES string of the molecule is O=S(=O)(Nc1ccc2c(c1)OCO2)c1ccc(C23CC4CC(CC(C4)C2)C3)cc1. The molecule has 4 bridgehead atoms. The molecule has 7 rings (SSSR count). The highest BCUT2D eigenvalue weighted by atomic mass is 32.2. The molecule has 0 amide bonds. The molecule has 4 fully saturated rings. The normalized spacial score (nSPS) is 31.8. The summed E-state index contributed by atoms with van der Waals surface area (Å²) < 4.78 is 39.0. The zero-order valence-electron chi connectivity index (χ0n) is 16.3. The lowest BCUT2D eigenvalue weighted by atomic mass is 9.48. The molecule has 0 saturated heterocycles. The van der Waals surface area contributed by atoms with Crippen LogP contribution >= 0.6 is 0 Å². The van der Waals surface area contributed by atoms with Gasteiger partial charge < -0.3 is 9.47 Å². The van der Waals surface area contributed by atoms with Gasteiger partial charge in [0.25, 0.3) is 10.0 Å². The summed E-state index contributed by atoms with van der Waals surface area (Å²) in [5.41, 5.74) is 2.08. The van der Waals surface area contributed by atoms with Crippen molar-refractivity contribution in [3.63, 3.8) is 0 Å². The van der Waals surface area contributed by atoms with Gasteiger partial charge in [-0.15, -0.1) is 0 Å². The second-order valence-electron chi connectivity index (χ2n) is 9.40. The maximum atomic E-state index is 12.9. The quantitative estimate of drug-likeness (QED) is 0.793. The average Bonchev–Trinajstić information content (AvgIpc) is 3.15. The second kappa shape index (κ2) is 6.14. The Hall–Kier alpha value is -2.21. The molecule has 1 N–H and O–H groups in total. The molecule has 0 spiro atoms. The summed E-state index contributed by atoms with van der Waals surface area (Å²) in [6, 6.07) is 12.7. The largest absolute Gasteiger partial charge is 0.454 e. The predicted molar refractivity (Wildman–Crippen MR) is 110 cm³/mol. The van der Waals surface area contributed by atoms with Crippen molar-refractivity contribution in [2.75, 3.05) is 11.5 Å². The third-order valence-electron chi connectivity index (χ3n) is 7.44. The first-order valence-electron chi connectivity index (χ1n) is 10.5. The van der Waals surface area contributed by atoms with E-state index < -0.39 is 10.0 Å². The van der Waals surface area contributed by atoms with Crippen molar-refractivity contribution in [2.45, 2.75) is 48.8 Å². The van der Waals surface area contributed by atoms with Crippen molar-refractivity contribution in [1.29, 1.82) is 0 Å². The average molecular weight is 412 g/mol. The maximum Gasteiger partial charge on any atom is 0.261 e. The van der Waals surface area contributed by atoms with E-state index in [1.54, 1.807) is 30.3 Å². The Morgan fingerprint density at radius 2 is 1.45 bits per heavy atom. The number of fused-ring (bicyclic) bond motifs is 1. The lowest BCUT2D eigenvalue weighted by Gasteiger charge is -2.57. The molecule has 152 valence electrons. The first kappa shape index (κ1) is 17.6. The van der Waals surface area contributed by atoms with E-state index in [9.17, 15) is 8.42 Å². The number of ether oxygens (including phenoxy) is 2. The number of sulfonamides is 1. The topological polar surface area (TPSA) is 64.6 Å². The van der Waals surface area contributed by atoms with Gasteiger partial charge in [-0.1, -0.05) is 12.1 Å². The molecule has 0 unspecified atom stereocenters. The number of anilines is 1. The van der Waals surface area contributed by atoms with Crippen LogP contribution in [0.2, 0.25) is 0 Å². The van der Waals surface area contributed by atoms with Crippen LogP contribution < -0.4 is 14.2 Å². The van der Waals surface area contributed by atoms with Crippen LogP contribution in [0.25, 0.3) is 0 Å². The van der Waals surface area contributed by atoms with E-state index in [0.717, 1.165) is 17.8 Å². The number of rotatable bonds is 4. The molecule has 0 aromatic heterocycles. The van der Waals surface area contributed by atoms with E-state index >= 15 is 0 Å². The standard InChI is InChI=1S/C23H25NO4S/c25-29(26,24-19-3-6-21-22(10-19)28-14-27-21)20-4-1-18(2-5-20)23-11-15-7-16(12-23)9-17(8-15)13-23/h1-6,10,15-17,24H,7-9,11-14H2. The van der Waals surface area contributed by atoms with E-state index in [4.69, 9.17) is 9.47 Å². The lowest BCUT2D eigenvalue weighted by Crippen LogP contribution is -2.48. The molecule has 5 aliphatic rings. The molecule has 4 aliphatic carbocycles. The minimum absolute atomic E-state index is 0.164. The molecule has 4 saturated carbocycles. The van der Waals surface area contributed by atoms with Gasteiger partial charge in [0, 0.05) is 6.07 Å². The summed E-state index contributed by atoms with van der Waals surface area (Å²) in [7, 11) is -3.65. The minimum Gasteiger partial charge on any atom is -0.454 e. The van der Waals surface area contributed by atoms with Crippen molar-refractivity contribution in [2.24, 2.45) is 17.8 Å². The molecule has 6 heteroatoms. The van der Waals surface area contributed by atoms with Crippen LogP contribution in [0.1, 0.15) is 44.1 Å². The Morgan fingerprint density at radius 3 is 2.10 bits per heavy atom. The van der Waals surface area contributed by atoms with Crippen molar-refractivity contribution in [3.05, 3.63) is 48.0 Å². The summed E-state index contributed by atoms with van der Waals surface area (Å²) in [6.45, 7) is 0.164. The highest BCUT2D eigenvalue weighted by Gasteiger charge is 2.51. The van der Waals surface area contributed by atoms with E-state index in [1.807, 2.05) is 0 Å². The highest BCUT2D eigenvalue weighted by molar-refractivity contribution is 7.92. The second-order valence-corrected chi connectivity index (χ2v) is 11.1. The van der Waals surface area contributed by atoms with Gasteiger partial charge >= 0.3 is 0 Å². The van der Waals surface area contributed by atoms with Crippen molar-refractivity contribution in [3.8, 4) is 11.5 Å². The zero-order chi connectivity index (χ0) is 19.6. The highest BCUT2D eigenvalue weighted by Crippen LogP contribution is 2.60. The van der Waals surface area contributed by atoms with Crippen LogP contribution in [-0.2, 0) is 15.4 Å². The van der Waals surface area contributed by atoms with E-state index in [2.05, 4.69) is 16.9 Å². The number of nitrogens with one attached hydrogen (secondary N) is 1. The predicted octanol–water partition coefficient (Wildman–Crippen LogP) is 4.68. The number of benzene rings is 2. The summed E-state index contributed by atoms with van der Waals surface area (Å²) in [6.07, 6.45) is 8.06. The van der Waals surface area contributed by atoms with E-state index in [-0.39, 0.29) is 12.2 Å². The van der Waals surface area contributed by atoms with Gasteiger partial charge in [0.05, 0.1) is 10.6 Å². The Bertz CT molecular complexity index is 1030. The van der Waals surface area contributed by atoms with Crippen molar-refractivity contribution in [1.82, 2.24) is 0 Å². The van der Waals surface area contributed by atoms with Crippen LogP contribution in [-0.4, -0.2) is 15.2 Å². The van der Waals surface area contributed by atoms with Gasteiger partial charge in [0.1, 0.15) is 0 Å². The summed E-state index contributed by atoms with van der Waals surface area (Å²) in [5.74, 6) is 3.81. The van der Waals surface area contributed by atoms with E-state index in [1.165, 1.54) is 44.1 Å². The first-order valence-corrected chi connectivity index (χ1v) is 12.0. The van der Waals surface area contributed by atoms with E-state index in [0.29, 0.717) is 22.1 Å². The lowest BCUT2D eigenvalue weighted by molar-refractivity contribution is -0.00521. The maximum absolute atomic E-state index is 12.9. The van der Waals surface area contributed by atoms with Gasteiger partial charge in [-0.25, -0.2) is 8.42 Å². The third kappa shape index (κ3) is 2.91. The fraction of sp³-hybridized carbons (Fsp3) is 0.478. The third-order valence-corrected chi connectivity index (χ3v) is 8.84. The summed E-state index contributed by atoms with van der Waals surface area (Å²) in [5, 5.41) is 0. The van der Waals surface area contributed by atoms with Gasteiger partial charge in [0.2, 0.25) is 6.79 Å². The van der Waals surface area contributed by atoms with Crippen molar-refractivity contribution >= 4 is 15.7 Å². The first-order chi connectivity index (χ1) is 14.0. The fourth-order valence-corrected chi connectivity index (χ4v) is 7.68. The minimum atomic E-state index is -3.65. The molecule has 2 aromatic carbocycles. The zero-order valence-corrected chi connectivity index (χ0v) is 17.1. The van der Waals surface area contributed by atoms with Crippen molar-refractivity contribution < 1.29 is 17.9 Å². The molecule has 5 nitrogen and oxygen atoms in total. The monoisotopic (exact) mass is 411 g/mol. The fourth-order valence-electron chi connectivity index (χ4n) is 6.63. The van der Waals surface area contributed by atoms with Crippen LogP contribution in [0, 0.1) is 17.8 Å². The Morgan fingerprint density at radius 1 is 0.828 bits per heavy atom. The molecule has 2 aromatic rings. The smallest absolute Gasteiger partial charge is 0.261 e. The molecular weight excluding hydrogens is 386 g/mol. The van der Waals surface area contributed by atoms with Crippen LogP contribution in [0.3, 0.4) is 0 Å². The molecular formula is C23H25NO4S. The Labute approximate surface area is 171 Å². The number of hydrogen-bond donors (Lipinski definition) is 1. The van der Waals surface area contributed by atoms with Gasteiger partial charge in [-0.2, -0.15) is 0 Å². The van der Waals surface area contributed by atoms with Crippen LogP contribution in [0.5, 0.6) is 11.5 Å². The Balaban J connectivity index is 1.25. The molecule has 1 heterocycles. The van der Waals surface area contributed by atoms with Gasteiger partial charge in [-0.3, -0.25) is 4.72 Å². The molecule has 29 heavy (non-hydrogen) atoms. The van der Waals surface area contributed by atoms with Gasteiger partial charge in [0.15, 0.2) is 11.5 Å². The van der Waals surface area contributed by atoms with Crippen LogP contribution in [0.4, 0.5) is 5.69 Å². The molecule has 0 radical (unpaired) electrons. The molecule has 0 atom stereocenters. The summed E-state index contributed by atoms with van der Waals surface area (Å²) >= 11 is 0. The number of hydrogen-bond acceptors (Lipinski definition) is 4. The Kier molecular flexibility index (Phi) is 3.74. The van der Waals surface area contributed by atoms with Crippen LogP contribution in [0.15, 0.2) is 47.4 Å². The van der Waals surface area contributed by atoms with Gasteiger partial charge in [-0.05, 0) is 91.5 Å². The molecule has 1 aliphatic heterocycles. The summed E-state index contributed by atoms with van der Waals surface area (Å²) in [4.78, 5) is 0.295.